The summed E-state index contributed by atoms with van der Waals surface area (Å²) in [6.45, 7) is 7.11. The number of anilines is 1. The van der Waals surface area contributed by atoms with E-state index in [0.717, 1.165) is 54.9 Å². The van der Waals surface area contributed by atoms with Crippen molar-refractivity contribution in [3.05, 3.63) is 46.6 Å². The Morgan fingerprint density at radius 3 is 2.97 bits per heavy atom. The second-order valence-corrected chi connectivity index (χ2v) is 8.47. The molecule has 4 heterocycles. The molecule has 0 amide bonds. The summed E-state index contributed by atoms with van der Waals surface area (Å²) in [4.78, 5) is 4.81. The van der Waals surface area contributed by atoms with Gasteiger partial charge in [0.25, 0.3) is 0 Å². The molecule has 152 valence electrons. The van der Waals surface area contributed by atoms with Crippen molar-refractivity contribution in [3.63, 3.8) is 0 Å². The maximum atomic E-state index is 5.68. The Morgan fingerprint density at radius 2 is 2.10 bits per heavy atom. The van der Waals surface area contributed by atoms with E-state index in [0.29, 0.717) is 12.9 Å². The third-order valence-electron chi connectivity index (χ3n) is 5.64. The van der Waals surface area contributed by atoms with E-state index in [2.05, 4.69) is 47.3 Å². The maximum absolute atomic E-state index is 5.68. The molecule has 0 aliphatic carbocycles. The second-order valence-electron chi connectivity index (χ2n) is 7.61. The molecule has 1 fully saturated rings. The standard InChI is InChI=1S/C22H25N3O3S/c1-14-8-18(19-12-29-22(24-19)23-10-17-4-3-7-26-17)15(2)25(14)11-16-5-6-20-21(9-16)28-13-27-20/h5-6,8-9,12,17H,3-4,7,10-11,13H2,1-2H3,(H,23,24)/t17-/m1/s1. The Balaban J connectivity index is 1.33. The highest BCUT2D eigenvalue weighted by Crippen LogP contribution is 2.34. The number of fused-ring (bicyclic) bond motifs is 1. The van der Waals surface area contributed by atoms with Gasteiger partial charge in [-0.25, -0.2) is 4.98 Å². The van der Waals surface area contributed by atoms with Crippen molar-refractivity contribution in [1.82, 2.24) is 9.55 Å². The van der Waals surface area contributed by atoms with Gasteiger partial charge < -0.3 is 24.1 Å². The molecule has 1 saturated heterocycles. The van der Waals surface area contributed by atoms with Gasteiger partial charge in [-0.3, -0.25) is 0 Å². The average molecular weight is 412 g/mol. The van der Waals surface area contributed by atoms with Crippen LogP contribution in [0.15, 0.2) is 29.6 Å². The number of hydrogen-bond acceptors (Lipinski definition) is 6. The third kappa shape index (κ3) is 3.72. The molecule has 6 nitrogen and oxygen atoms in total. The first kappa shape index (κ1) is 18.5. The predicted molar refractivity (Wildman–Crippen MR) is 114 cm³/mol. The highest BCUT2D eigenvalue weighted by molar-refractivity contribution is 7.14. The fraction of sp³-hybridized carbons (Fsp3) is 0.409. The van der Waals surface area contributed by atoms with Crippen molar-refractivity contribution in [2.75, 3.05) is 25.3 Å². The lowest BCUT2D eigenvalue weighted by Crippen LogP contribution is -2.18. The van der Waals surface area contributed by atoms with E-state index < -0.39 is 0 Å². The minimum atomic E-state index is 0.303. The summed E-state index contributed by atoms with van der Waals surface area (Å²) < 4.78 is 18.9. The number of thiazole rings is 1. The molecule has 5 rings (SSSR count). The summed E-state index contributed by atoms with van der Waals surface area (Å²) in [6.07, 6.45) is 2.60. The van der Waals surface area contributed by atoms with Crippen molar-refractivity contribution in [3.8, 4) is 22.8 Å². The van der Waals surface area contributed by atoms with Crippen LogP contribution in [0, 0.1) is 13.8 Å². The lowest BCUT2D eigenvalue weighted by atomic mass is 10.2. The van der Waals surface area contributed by atoms with Crippen molar-refractivity contribution in [2.45, 2.75) is 39.3 Å². The fourth-order valence-electron chi connectivity index (χ4n) is 4.01. The molecule has 0 radical (unpaired) electrons. The van der Waals surface area contributed by atoms with Crippen LogP contribution in [-0.4, -0.2) is 35.6 Å². The summed E-state index contributed by atoms with van der Waals surface area (Å²) in [7, 11) is 0. The number of ether oxygens (including phenoxy) is 3. The zero-order chi connectivity index (χ0) is 19.8. The molecule has 0 unspecified atom stereocenters. The summed E-state index contributed by atoms with van der Waals surface area (Å²) in [5.74, 6) is 1.65. The number of aryl methyl sites for hydroxylation is 1. The molecular weight excluding hydrogens is 386 g/mol. The monoisotopic (exact) mass is 411 g/mol. The first-order valence-electron chi connectivity index (χ1n) is 10.0. The number of benzene rings is 1. The second kappa shape index (κ2) is 7.72. The number of aromatic nitrogens is 2. The number of rotatable bonds is 6. The normalized spacial score (nSPS) is 17.8. The molecule has 0 spiro atoms. The Bertz CT molecular complexity index is 1020. The summed E-state index contributed by atoms with van der Waals surface area (Å²) in [6, 6.07) is 8.37. The lowest BCUT2D eigenvalue weighted by Gasteiger charge is -2.10. The Kier molecular flexibility index (Phi) is 4.93. The minimum absolute atomic E-state index is 0.303. The van der Waals surface area contributed by atoms with Gasteiger partial charge in [0.15, 0.2) is 16.6 Å². The molecule has 1 N–H and O–H groups in total. The average Bonchev–Trinajstić information content (AvgIpc) is 3.50. The van der Waals surface area contributed by atoms with E-state index in [-0.39, 0.29) is 0 Å². The first-order chi connectivity index (χ1) is 14.2. The van der Waals surface area contributed by atoms with Gasteiger partial charge >= 0.3 is 0 Å². The van der Waals surface area contributed by atoms with E-state index in [9.17, 15) is 0 Å². The van der Waals surface area contributed by atoms with Crippen LogP contribution in [0.2, 0.25) is 0 Å². The number of nitrogens with zero attached hydrogens (tertiary/aromatic N) is 2. The number of nitrogens with one attached hydrogen (secondary N) is 1. The highest BCUT2D eigenvalue weighted by atomic mass is 32.1. The zero-order valence-electron chi connectivity index (χ0n) is 16.7. The van der Waals surface area contributed by atoms with Gasteiger partial charge in [-0.1, -0.05) is 6.07 Å². The van der Waals surface area contributed by atoms with Gasteiger partial charge in [-0.2, -0.15) is 0 Å². The van der Waals surface area contributed by atoms with E-state index in [1.807, 2.05) is 6.07 Å². The lowest BCUT2D eigenvalue weighted by molar-refractivity contribution is 0.120. The Labute approximate surface area is 174 Å². The third-order valence-corrected chi connectivity index (χ3v) is 6.44. The van der Waals surface area contributed by atoms with Crippen LogP contribution in [0.25, 0.3) is 11.3 Å². The van der Waals surface area contributed by atoms with Gasteiger partial charge in [-0.05, 0) is 50.5 Å². The maximum Gasteiger partial charge on any atom is 0.231 e. The molecule has 3 aromatic rings. The fourth-order valence-corrected chi connectivity index (χ4v) is 4.73. The zero-order valence-corrected chi connectivity index (χ0v) is 17.6. The molecule has 0 saturated carbocycles. The van der Waals surface area contributed by atoms with Crippen LogP contribution < -0.4 is 14.8 Å². The van der Waals surface area contributed by atoms with Gasteiger partial charge in [0, 0.05) is 42.0 Å². The van der Waals surface area contributed by atoms with Crippen LogP contribution in [-0.2, 0) is 11.3 Å². The largest absolute Gasteiger partial charge is 0.454 e. The Hall–Kier alpha value is -2.51. The van der Waals surface area contributed by atoms with E-state index in [1.165, 1.54) is 22.5 Å². The van der Waals surface area contributed by atoms with Crippen molar-refractivity contribution < 1.29 is 14.2 Å². The number of hydrogen-bond donors (Lipinski definition) is 1. The minimum Gasteiger partial charge on any atom is -0.454 e. The van der Waals surface area contributed by atoms with Crippen LogP contribution in [0.4, 0.5) is 5.13 Å². The van der Waals surface area contributed by atoms with Gasteiger partial charge in [0.1, 0.15) is 0 Å². The van der Waals surface area contributed by atoms with Crippen LogP contribution in [0.5, 0.6) is 11.5 Å². The van der Waals surface area contributed by atoms with Crippen LogP contribution >= 0.6 is 11.3 Å². The predicted octanol–water partition coefficient (Wildman–Crippen LogP) is 4.60. The molecule has 7 heteroatoms. The van der Waals surface area contributed by atoms with Crippen LogP contribution in [0.3, 0.4) is 0 Å². The van der Waals surface area contributed by atoms with Gasteiger partial charge in [-0.15, -0.1) is 11.3 Å². The van der Waals surface area contributed by atoms with Crippen molar-refractivity contribution >= 4 is 16.5 Å². The SMILES string of the molecule is Cc1cc(-c2csc(NC[C@H]3CCCO3)n2)c(C)n1Cc1ccc2c(c1)OCO2. The summed E-state index contributed by atoms with van der Waals surface area (Å²) >= 11 is 1.65. The van der Waals surface area contributed by atoms with E-state index >= 15 is 0 Å². The van der Waals surface area contributed by atoms with Crippen LogP contribution in [0.1, 0.15) is 29.8 Å². The van der Waals surface area contributed by atoms with Gasteiger partial charge in [0.2, 0.25) is 6.79 Å². The van der Waals surface area contributed by atoms with Crippen molar-refractivity contribution in [2.24, 2.45) is 0 Å². The molecular formula is C22H25N3O3S. The smallest absolute Gasteiger partial charge is 0.231 e. The topological polar surface area (TPSA) is 57.5 Å². The van der Waals surface area contributed by atoms with Gasteiger partial charge in [0.05, 0.1) is 11.8 Å². The molecule has 1 aromatic carbocycles. The Morgan fingerprint density at radius 1 is 1.21 bits per heavy atom. The molecule has 29 heavy (non-hydrogen) atoms. The molecule has 2 aliphatic rings. The summed E-state index contributed by atoms with van der Waals surface area (Å²) in [5, 5.41) is 6.52. The highest BCUT2D eigenvalue weighted by Gasteiger charge is 2.18. The van der Waals surface area contributed by atoms with E-state index in [1.54, 1.807) is 11.3 Å². The van der Waals surface area contributed by atoms with Crippen molar-refractivity contribution in [1.29, 1.82) is 0 Å². The molecule has 0 bridgehead atoms. The quantitative estimate of drug-likeness (QED) is 0.643. The summed E-state index contributed by atoms with van der Waals surface area (Å²) in [5.41, 5.74) is 5.84. The van der Waals surface area contributed by atoms with E-state index in [4.69, 9.17) is 19.2 Å². The molecule has 2 aliphatic heterocycles. The molecule has 1 atom stereocenters. The first-order valence-corrected chi connectivity index (χ1v) is 10.9. The molecule has 2 aromatic heterocycles.